The number of halogens is 1. The molecule has 25 heavy (non-hydrogen) atoms. The minimum atomic E-state index is 0.254. The maximum Gasteiger partial charge on any atom is 0.118 e. The van der Waals surface area contributed by atoms with Crippen LogP contribution in [0, 0.1) is 0 Å². The molecule has 0 bridgehead atoms. The van der Waals surface area contributed by atoms with Crippen LogP contribution in [0.25, 0.3) is 0 Å². The van der Waals surface area contributed by atoms with Crippen LogP contribution < -0.4 is 10.1 Å². The van der Waals surface area contributed by atoms with Crippen molar-refractivity contribution in [1.29, 1.82) is 0 Å². The molecule has 0 aromatic heterocycles. The molecule has 3 aromatic carbocycles. The molecule has 0 radical (unpaired) electrons. The number of methoxy groups -OCH3 is 1. The first-order valence-electron chi connectivity index (χ1n) is 8.49. The highest BCUT2D eigenvalue weighted by Gasteiger charge is 2.28. The lowest BCUT2D eigenvalue weighted by molar-refractivity contribution is 0.414. The molecule has 1 aliphatic rings. The van der Waals surface area contributed by atoms with E-state index in [0.29, 0.717) is 5.92 Å². The Morgan fingerprint density at radius 2 is 1.68 bits per heavy atom. The second-order valence-corrected chi connectivity index (χ2v) is 6.84. The molecule has 0 saturated carbocycles. The van der Waals surface area contributed by atoms with Crippen LogP contribution >= 0.6 is 11.6 Å². The fourth-order valence-corrected chi connectivity index (χ4v) is 3.80. The van der Waals surface area contributed by atoms with Gasteiger partial charge in [-0.25, -0.2) is 0 Å². The Balaban J connectivity index is 1.74. The number of rotatable bonds is 3. The van der Waals surface area contributed by atoms with E-state index in [9.17, 15) is 0 Å². The average Bonchev–Trinajstić information content (AvgIpc) is 2.68. The minimum Gasteiger partial charge on any atom is -0.497 e. The summed E-state index contributed by atoms with van der Waals surface area (Å²) in [5.41, 5.74) is 5.02. The van der Waals surface area contributed by atoms with Crippen molar-refractivity contribution in [1.82, 2.24) is 0 Å². The van der Waals surface area contributed by atoms with Gasteiger partial charge in [-0.2, -0.15) is 0 Å². The number of ether oxygens (including phenoxy) is 1. The van der Waals surface area contributed by atoms with Gasteiger partial charge >= 0.3 is 0 Å². The minimum absolute atomic E-state index is 0.254. The van der Waals surface area contributed by atoms with Crippen LogP contribution in [0.2, 0.25) is 5.02 Å². The third kappa shape index (κ3) is 3.22. The van der Waals surface area contributed by atoms with E-state index in [-0.39, 0.29) is 6.04 Å². The van der Waals surface area contributed by atoms with Crippen molar-refractivity contribution < 1.29 is 4.74 Å². The molecular weight excluding hydrogens is 330 g/mol. The topological polar surface area (TPSA) is 21.3 Å². The van der Waals surface area contributed by atoms with Crippen LogP contribution in [0.3, 0.4) is 0 Å². The van der Waals surface area contributed by atoms with Gasteiger partial charge in [0.15, 0.2) is 0 Å². The second-order valence-electron chi connectivity index (χ2n) is 6.40. The molecule has 3 aromatic rings. The first-order chi connectivity index (χ1) is 12.2. The molecule has 0 amide bonds. The highest BCUT2D eigenvalue weighted by Crippen LogP contribution is 2.44. The summed E-state index contributed by atoms with van der Waals surface area (Å²) in [6.07, 6.45) is 0.990. The van der Waals surface area contributed by atoms with Crippen molar-refractivity contribution in [3.8, 4) is 5.75 Å². The van der Waals surface area contributed by atoms with E-state index in [1.54, 1.807) is 7.11 Å². The standard InChI is InChI=1S/C22H20ClNO/c1-25-18-10-7-16(8-11-18)22-14-19(15-5-3-2-4-6-15)20-13-17(23)9-12-21(20)24-22/h2-13,19,22,24H,14H2,1H3/t19-,22+/m0/s1. The third-order valence-corrected chi connectivity index (χ3v) is 5.15. The molecule has 4 rings (SSSR count). The Morgan fingerprint density at radius 1 is 0.920 bits per heavy atom. The molecule has 0 spiro atoms. The Hall–Kier alpha value is -2.45. The van der Waals surface area contributed by atoms with Gasteiger partial charge in [0.25, 0.3) is 0 Å². The molecule has 126 valence electrons. The molecule has 2 nitrogen and oxygen atoms in total. The van der Waals surface area contributed by atoms with E-state index >= 15 is 0 Å². The van der Waals surface area contributed by atoms with Gasteiger partial charge in [0.05, 0.1) is 13.2 Å². The second kappa shape index (κ2) is 6.81. The zero-order chi connectivity index (χ0) is 17.2. The number of anilines is 1. The van der Waals surface area contributed by atoms with Crippen LogP contribution in [0.5, 0.6) is 5.75 Å². The fraction of sp³-hybridized carbons (Fsp3) is 0.182. The molecular formula is C22H20ClNO. The first kappa shape index (κ1) is 16.0. The summed E-state index contributed by atoms with van der Waals surface area (Å²) in [7, 11) is 1.69. The van der Waals surface area contributed by atoms with E-state index in [1.807, 2.05) is 18.2 Å². The van der Waals surface area contributed by atoms with Crippen molar-refractivity contribution in [2.75, 3.05) is 12.4 Å². The monoisotopic (exact) mass is 349 g/mol. The third-order valence-electron chi connectivity index (χ3n) is 4.91. The summed E-state index contributed by atoms with van der Waals surface area (Å²) in [6.45, 7) is 0. The number of nitrogens with one attached hydrogen (secondary N) is 1. The Morgan fingerprint density at radius 3 is 2.40 bits per heavy atom. The molecule has 0 unspecified atom stereocenters. The van der Waals surface area contributed by atoms with E-state index in [4.69, 9.17) is 16.3 Å². The summed E-state index contributed by atoms with van der Waals surface area (Å²) in [4.78, 5) is 0. The molecule has 0 fully saturated rings. The number of fused-ring (bicyclic) bond motifs is 1. The maximum atomic E-state index is 6.27. The zero-order valence-corrected chi connectivity index (χ0v) is 14.8. The number of benzene rings is 3. The van der Waals surface area contributed by atoms with Crippen LogP contribution in [-0.2, 0) is 0 Å². The van der Waals surface area contributed by atoms with Gasteiger partial charge in [-0.1, -0.05) is 54.1 Å². The van der Waals surface area contributed by atoms with Crippen LogP contribution in [0.15, 0.2) is 72.8 Å². The van der Waals surface area contributed by atoms with Crippen LogP contribution in [0.4, 0.5) is 5.69 Å². The molecule has 1 heterocycles. The van der Waals surface area contributed by atoms with E-state index in [1.165, 1.54) is 16.7 Å². The van der Waals surface area contributed by atoms with Gasteiger partial charge in [0, 0.05) is 16.6 Å². The Bertz CT molecular complexity index is 861. The average molecular weight is 350 g/mol. The van der Waals surface area contributed by atoms with Gasteiger partial charge < -0.3 is 10.1 Å². The largest absolute Gasteiger partial charge is 0.497 e. The highest BCUT2D eigenvalue weighted by molar-refractivity contribution is 6.30. The van der Waals surface area contributed by atoms with Crippen molar-refractivity contribution in [3.63, 3.8) is 0 Å². The van der Waals surface area contributed by atoms with Crippen molar-refractivity contribution in [2.45, 2.75) is 18.4 Å². The van der Waals surface area contributed by atoms with Crippen molar-refractivity contribution in [3.05, 3.63) is 94.5 Å². The normalized spacial score (nSPS) is 19.0. The van der Waals surface area contributed by atoms with E-state index in [2.05, 4.69) is 59.9 Å². The van der Waals surface area contributed by atoms with E-state index in [0.717, 1.165) is 22.9 Å². The van der Waals surface area contributed by atoms with Gasteiger partial charge in [-0.3, -0.25) is 0 Å². The quantitative estimate of drug-likeness (QED) is 0.622. The molecule has 1 N–H and O–H groups in total. The molecule has 2 atom stereocenters. The summed E-state index contributed by atoms with van der Waals surface area (Å²) in [6, 6.07) is 25.4. The number of hydrogen-bond acceptors (Lipinski definition) is 2. The SMILES string of the molecule is COc1ccc([C@H]2C[C@@H](c3ccccc3)c3cc(Cl)ccc3N2)cc1. The number of hydrogen-bond donors (Lipinski definition) is 1. The predicted molar refractivity (Wildman–Crippen MR) is 104 cm³/mol. The lowest BCUT2D eigenvalue weighted by Crippen LogP contribution is -2.22. The fourth-order valence-electron chi connectivity index (χ4n) is 3.62. The van der Waals surface area contributed by atoms with Gasteiger partial charge in [0.1, 0.15) is 5.75 Å². The van der Waals surface area contributed by atoms with Crippen LogP contribution in [0.1, 0.15) is 35.1 Å². The highest BCUT2D eigenvalue weighted by atomic mass is 35.5. The molecule has 0 saturated heterocycles. The molecule has 0 aliphatic carbocycles. The molecule has 3 heteroatoms. The van der Waals surface area contributed by atoms with Gasteiger partial charge in [-0.05, 0) is 53.4 Å². The predicted octanol–water partition coefficient (Wildman–Crippen LogP) is 6.04. The summed E-state index contributed by atoms with van der Waals surface area (Å²) in [5, 5.41) is 4.46. The van der Waals surface area contributed by atoms with Crippen molar-refractivity contribution in [2.24, 2.45) is 0 Å². The first-order valence-corrected chi connectivity index (χ1v) is 8.87. The smallest absolute Gasteiger partial charge is 0.118 e. The summed E-state index contributed by atoms with van der Waals surface area (Å²) >= 11 is 6.27. The molecule has 1 aliphatic heterocycles. The lowest BCUT2D eigenvalue weighted by Gasteiger charge is -2.34. The summed E-state index contributed by atoms with van der Waals surface area (Å²) < 4.78 is 5.28. The Kier molecular flexibility index (Phi) is 4.37. The van der Waals surface area contributed by atoms with E-state index < -0.39 is 0 Å². The van der Waals surface area contributed by atoms with Gasteiger partial charge in [0.2, 0.25) is 0 Å². The maximum absolute atomic E-state index is 6.27. The zero-order valence-electron chi connectivity index (χ0n) is 14.1. The lowest BCUT2D eigenvalue weighted by atomic mass is 9.80. The van der Waals surface area contributed by atoms with Crippen molar-refractivity contribution >= 4 is 17.3 Å². The van der Waals surface area contributed by atoms with Crippen LogP contribution in [-0.4, -0.2) is 7.11 Å². The summed E-state index contributed by atoms with van der Waals surface area (Å²) in [5.74, 6) is 1.20. The Labute approximate surface area is 153 Å². The van der Waals surface area contributed by atoms with Gasteiger partial charge in [-0.15, -0.1) is 0 Å².